The Bertz CT molecular complexity index is 626. The second kappa shape index (κ2) is 8.96. The normalized spacial score (nSPS) is 24.5. The van der Waals surface area contributed by atoms with Crippen LogP contribution in [0.15, 0.2) is 35.9 Å². The average Bonchev–Trinajstić information content (AvgIpc) is 2.96. The van der Waals surface area contributed by atoms with Crippen molar-refractivity contribution in [3.63, 3.8) is 0 Å². The minimum absolute atomic E-state index is 0.181. The van der Waals surface area contributed by atoms with Gasteiger partial charge in [-0.2, -0.15) is 0 Å². The van der Waals surface area contributed by atoms with Gasteiger partial charge in [0.2, 0.25) is 0 Å². The molecule has 1 aliphatic heterocycles. The number of Topliss-reactive ketones (excluding diaryl/α,β-unsaturated/α-hetero) is 1. The molecule has 1 saturated carbocycles. The maximum Gasteiger partial charge on any atom is 0.162 e. The molecule has 1 aliphatic carbocycles. The lowest BCUT2D eigenvalue weighted by molar-refractivity contribution is -0.118. The van der Waals surface area contributed by atoms with Gasteiger partial charge in [-0.15, -0.1) is 0 Å². The highest BCUT2D eigenvalue weighted by Crippen LogP contribution is 2.31. The summed E-state index contributed by atoms with van der Waals surface area (Å²) in [6.07, 6.45) is 5.27. The fourth-order valence-electron chi connectivity index (χ4n) is 4.11. The number of rotatable bonds is 6. The van der Waals surface area contributed by atoms with Gasteiger partial charge in [-0.1, -0.05) is 51.1 Å². The van der Waals surface area contributed by atoms with Crippen LogP contribution in [-0.4, -0.2) is 43.5 Å². The molecule has 0 spiro atoms. The topological polar surface area (TPSA) is 29.5 Å². The number of ether oxygens (including phenoxy) is 1. The molecular weight excluding hydrogens is 322 g/mol. The summed E-state index contributed by atoms with van der Waals surface area (Å²) in [6, 6.07) is 8.93. The van der Waals surface area contributed by atoms with Crippen molar-refractivity contribution in [1.29, 1.82) is 0 Å². The van der Waals surface area contributed by atoms with E-state index in [1.807, 2.05) is 0 Å². The van der Waals surface area contributed by atoms with Gasteiger partial charge in [-0.05, 0) is 47.8 Å². The molecule has 3 rings (SSSR count). The summed E-state index contributed by atoms with van der Waals surface area (Å²) in [6.45, 7) is 11.1. The summed E-state index contributed by atoms with van der Waals surface area (Å²) in [5.74, 6) is 1.53. The Balaban J connectivity index is 1.59. The Hall–Kier alpha value is -1.45. The van der Waals surface area contributed by atoms with E-state index in [1.165, 1.54) is 11.1 Å². The number of nitrogens with zero attached hydrogens (tertiary/aromatic N) is 1. The number of ketones is 1. The van der Waals surface area contributed by atoms with Gasteiger partial charge in [0, 0.05) is 25.6 Å². The van der Waals surface area contributed by atoms with E-state index in [1.54, 1.807) is 0 Å². The fourth-order valence-corrected chi connectivity index (χ4v) is 4.11. The van der Waals surface area contributed by atoms with Crippen molar-refractivity contribution in [3.05, 3.63) is 47.0 Å². The Morgan fingerprint density at radius 1 is 1.15 bits per heavy atom. The number of hydrogen-bond donors (Lipinski definition) is 0. The number of carbonyl (C=O) groups is 1. The second-order valence-corrected chi connectivity index (χ2v) is 8.33. The number of allylic oxidation sites excluding steroid dienone is 2. The molecule has 2 unspecified atom stereocenters. The predicted molar refractivity (Wildman–Crippen MR) is 106 cm³/mol. The van der Waals surface area contributed by atoms with Crippen LogP contribution in [0.3, 0.4) is 0 Å². The highest BCUT2D eigenvalue weighted by atomic mass is 16.5. The average molecular weight is 356 g/mol. The van der Waals surface area contributed by atoms with Crippen LogP contribution in [0.4, 0.5) is 0 Å². The standard InChI is InChI=1S/C23H33NO2/c1-17(2)14-19-4-6-20(7-5-19)18(3)15-21-8-9-22(23(21)25)16-24-10-12-26-13-11-24/h4-7,15,17-18,22H,8-14,16H2,1-3H3/b21-15-. The molecule has 0 bridgehead atoms. The van der Waals surface area contributed by atoms with Crippen molar-refractivity contribution < 1.29 is 9.53 Å². The molecule has 1 saturated heterocycles. The summed E-state index contributed by atoms with van der Waals surface area (Å²) in [5, 5.41) is 0. The van der Waals surface area contributed by atoms with Crippen LogP contribution in [0.2, 0.25) is 0 Å². The molecule has 1 heterocycles. The first-order chi connectivity index (χ1) is 12.5. The van der Waals surface area contributed by atoms with Gasteiger partial charge in [-0.25, -0.2) is 0 Å². The summed E-state index contributed by atoms with van der Waals surface area (Å²) in [7, 11) is 0. The van der Waals surface area contributed by atoms with Crippen LogP contribution in [0, 0.1) is 11.8 Å². The highest BCUT2D eigenvalue weighted by Gasteiger charge is 2.31. The van der Waals surface area contributed by atoms with Gasteiger partial charge in [0.05, 0.1) is 13.2 Å². The number of carbonyl (C=O) groups excluding carboxylic acids is 1. The predicted octanol–water partition coefficient (Wildman–Crippen LogP) is 4.23. The summed E-state index contributed by atoms with van der Waals surface area (Å²) < 4.78 is 5.41. The molecule has 1 aromatic rings. The van der Waals surface area contributed by atoms with Crippen molar-refractivity contribution in [2.45, 2.75) is 46.0 Å². The van der Waals surface area contributed by atoms with Crippen LogP contribution in [0.25, 0.3) is 0 Å². The van der Waals surface area contributed by atoms with E-state index in [2.05, 4.69) is 56.0 Å². The van der Waals surface area contributed by atoms with E-state index >= 15 is 0 Å². The molecule has 0 aromatic heterocycles. The lowest BCUT2D eigenvalue weighted by Gasteiger charge is -2.28. The number of hydrogen-bond acceptors (Lipinski definition) is 3. The zero-order valence-corrected chi connectivity index (χ0v) is 16.5. The molecule has 26 heavy (non-hydrogen) atoms. The Morgan fingerprint density at radius 2 is 1.85 bits per heavy atom. The SMILES string of the molecule is CC(C)Cc1ccc(C(C)/C=C2/CCC(CN3CCOCC3)C2=O)cc1. The Kier molecular flexibility index (Phi) is 6.66. The molecule has 3 heteroatoms. The lowest BCUT2D eigenvalue weighted by Crippen LogP contribution is -2.40. The molecule has 0 N–H and O–H groups in total. The Morgan fingerprint density at radius 3 is 2.50 bits per heavy atom. The molecule has 0 amide bonds. The van der Waals surface area contributed by atoms with Crippen LogP contribution >= 0.6 is 0 Å². The van der Waals surface area contributed by atoms with Gasteiger partial charge in [0.25, 0.3) is 0 Å². The quantitative estimate of drug-likeness (QED) is 0.715. The van der Waals surface area contributed by atoms with Gasteiger partial charge in [0.1, 0.15) is 0 Å². The first-order valence-electron chi connectivity index (χ1n) is 10.2. The highest BCUT2D eigenvalue weighted by molar-refractivity contribution is 5.99. The van der Waals surface area contributed by atoms with Crippen molar-refractivity contribution in [2.75, 3.05) is 32.8 Å². The van der Waals surface area contributed by atoms with Crippen LogP contribution in [0.5, 0.6) is 0 Å². The Labute approximate surface area is 158 Å². The number of morpholine rings is 1. The van der Waals surface area contributed by atoms with E-state index in [0.717, 1.165) is 57.7 Å². The molecule has 2 aliphatic rings. The van der Waals surface area contributed by atoms with Gasteiger partial charge in [0.15, 0.2) is 5.78 Å². The van der Waals surface area contributed by atoms with Crippen LogP contribution < -0.4 is 0 Å². The third kappa shape index (κ3) is 5.05. The van der Waals surface area contributed by atoms with Gasteiger partial charge in [-0.3, -0.25) is 9.69 Å². The third-order valence-electron chi connectivity index (χ3n) is 5.63. The molecule has 1 aromatic carbocycles. The van der Waals surface area contributed by atoms with Crippen molar-refractivity contribution in [2.24, 2.45) is 11.8 Å². The monoisotopic (exact) mass is 355 g/mol. The molecule has 142 valence electrons. The zero-order valence-electron chi connectivity index (χ0n) is 16.5. The molecule has 2 fully saturated rings. The molecule has 3 nitrogen and oxygen atoms in total. The van der Waals surface area contributed by atoms with Crippen molar-refractivity contribution >= 4 is 5.78 Å². The van der Waals surface area contributed by atoms with E-state index in [0.29, 0.717) is 17.6 Å². The maximum absolute atomic E-state index is 12.8. The molecule has 2 atom stereocenters. The largest absolute Gasteiger partial charge is 0.379 e. The maximum atomic E-state index is 12.8. The third-order valence-corrected chi connectivity index (χ3v) is 5.63. The van der Waals surface area contributed by atoms with Crippen LogP contribution in [0.1, 0.15) is 50.7 Å². The minimum atomic E-state index is 0.181. The smallest absolute Gasteiger partial charge is 0.162 e. The first-order valence-corrected chi connectivity index (χ1v) is 10.2. The number of benzene rings is 1. The van der Waals surface area contributed by atoms with Crippen LogP contribution in [-0.2, 0) is 16.0 Å². The van der Waals surface area contributed by atoms with Gasteiger partial charge >= 0.3 is 0 Å². The van der Waals surface area contributed by atoms with Crippen molar-refractivity contribution in [1.82, 2.24) is 4.90 Å². The first kappa shape index (κ1) is 19.3. The summed E-state index contributed by atoms with van der Waals surface area (Å²) >= 11 is 0. The second-order valence-electron chi connectivity index (χ2n) is 8.33. The zero-order chi connectivity index (χ0) is 18.5. The molecular formula is C23H33NO2. The van der Waals surface area contributed by atoms with E-state index in [-0.39, 0.29) is 5.92 Å². The lowest BCUT2D eigenvalue weighted by atomic mass is 9.94. The summed E-state index contributed by atoms with van der Waals surface area (Å²) in [5.41, 5.74) is 3.74. The van der Waals surface area contributed by atoms with Gasteiger partial charge < -0.3 is 4.74 Å². The fraction of sp³-hybridized carbons (Fsp3) is 0.609. The molecule has 0 radical (unpaired) electrons. The van der Waals surface area contributed by atoms with E-state index in [9.17, 15) is 4.79 Å². The summed E-state index contributed by atoms with van der Waals surface area (Å²) in [4.78, 5) is 15.2. The minimum Gasteiger partial charge on any atom is -0.379 e. The van der Waals surface area contributed by atoms with E-state index < -0.39 is 0 Å². The van der Waals surface area contributed by atoms with E-state index in [4.69, 9.17) is 4.74 Å². The van der Waals surface area contributed by atoms with Crippen molar-refractivity contribution in [3.8, 4) is 0 Å².